The van der Waals surface area contributed by atoms with Gasteiger partial charge in [0.05, 0.1) is 6.20 Å². The van der Waals surface area contributed by atoms with E-state index in [-0.39, 0.29) is 5.82 Å². The molecule has 108 valence electrons. The van der Waals surface area contributed by atoms with Crippen LogP contribution in [0, 0.1) is 5.82 Å². The van der Waals surface area contributed by atoms with E-state index in [9.17, 15) is 4.39 Å². The summed E-state index contributed by atoms with van der Waals surface area (Å²) in [6.45, 7) is 5.86. The number of thioether (sulfide) groups is 1. The second-order valence-electron chi connectivity index (χ2n) is 4.73. The molecule has 0 saturated heterocycles. The highest BCUT2D eigenvalue weighted by Gasteiger charge is 2.15. The molecule has 1 aromatic rings. The van der Waals surface area contributed by atoms with Crippen LogP contribution in [0.4, 0.5) is 10.2 Å². The van der Waals surface area contributed by atoms with Crippen LogP contribution in [0.15, 0.2) is 12.3 Å². The lowest BCUT2D eigenvalue weighted by Crippen LogP contribution is -2.33. The Hall–Kier alpha value is -0.810. The molecule has 1 rings (SSSR count). The third-order valence-electron chi connectivity index (χ3n) is 3.05. The van der Waals surface area contributed by atoms with Gasteiger partial charge in [-0.2, -0.15) is 11.8 Å². The third kappa shape index (κ3) is 4.99. The minimum atomic E-state index is -0.275. The summed E-state index contributed by atoms with van der Waals surface area (Å²) >= 11 is 1.80. The predicted octanol–water partition coefficient (Wildman–Crippen LogP) is 2.91. The maximum atomic E-state index is 13.4. The Bertz CT molecular complexity index is 387. The first-order valence-corrected chi connectivity index (χ1v) is 8.06. The van der Waals surface area contributed by atoms with Crippen LogP contribution in [0.1, 0.15) is 25.8 Å². The van der Waals surface area contributed by atoms with Crippen molar-refractivity contribution < 1.29 is 4.39 Å². The molecular formula is C14H24FN3S. The average Bonchev–Trinajstić information content (AvgIpc) is 2.39. The van der Waals surface area contributed by atoms with Crippen LogP contribution < -0.4 is 10.2 Å². The lowest BCUT2D eigenvalue weighted by Gasteiger charge is -2.27. The molecule has 0 spiro atoms. The van der Waals surface area contributed by atoms with Gasteiger partial charge < -0.3 is 10.2 Å². The minimum Gasteiger partial charge on any atom is -0.356 e. The minimum absolute atomic E-state index is 0.275. The van der Waals surface area contributed by atoms with Crippen LogP contribution in [-0.2, 0) is 6.54 Å². The Morgan fingerprint density at radius 1 is 1.53 bits per heavy atom. The van der Waals surface area contributed by atoms with Crippen molar-refractivity contribution in [3.8, 4) is 0 Å². The Balaban J connectivity index is 2.85. The number of nitrogens with one attached hydrogen (secondary N) is 1. The van der Waals surface area contributed by atoms with E-state index in [2.05, 4.69) is 35.3 Å². The molecule has 1 N–H and O–H groups in total. The fraction of sp³-hybridized carbons (Fsp3) is 0.643. The van der Waals surface area contributed by atoms with E-state index in [4.69, 9.17) is 0 Å². The monoisotopic (exact) mass is 285 g/mol. The van der Waals surface area contributed by atoms with Crippen LogP contribution >= 0.6 is 11.8 Å². The zero-order valence-electron chi connectivity index (χ0n) is 12.2. The fourth-order valence-electron chi connectivity index (χ4n) is 1.88. The molecule has 5 heteroatoms. The third-order valence-corrected chi connectivity index (χ3v) is 3.87. The Morgan fingerprint density at radius 2 is 2.26 bits per heavy atom. The molecular weight excluding hydrogens is 261 g/mol. The summed E-state index contributed by atoms with van der Waals surface area (Å²) in [4.78, 5) is 6.39. The van der Waals surface area contributed by atoms with Gasteiger partial charge in [0.15, 0.2) is 0 Å². The summed E-state index contributed by atoms with van der Waals surface area (Å²) in [6, 6.07) is 1.95. The van der Waals surface area contributed by atoms with E-state index < -0.39 is 0 Å². The zero-order chi connectivity index (χ0) is 14.3. The molecule has 1 aromatic heterocycles. The summed E-state index contributed by atoms with van der Waals surface area (Å²) in [5.74, 6) is 1.62. The summed E-state index contributed by atoms with van der Waals surface area (Å²) in [5, 5.41) is 3.31. The van der Waals surface area contributed by atoms with Gasteiger partial charge in [-0.1, -0.05) is 6.92 Å². The Kier molecular flexibility index (Phi) is 7.16. The van der Waals surface area contributed by atoms with Crippen LogP contribution in [0.2, 0.25) is 0 Å². The topological polar surface area (TPSA) is 28.2 Å². The van der Waals surface area contributed by atoms with E-state index in [1.54, 1.807) is 17.8 Å². The summed E-state index contributed by atoms with van der Waals surface area (Å²) in [6.07, 6.45) is 4.45. The fourth-order valence-corrected chi connectivity index (χ4v) is 2.59. The lowest BCUT2D eigenvalue weighted by molar-refractivity contribution is 0.608. The van der Waals surface area contributed by atoms with E-state index in [0.717, 1.165) is 30.1 Å². The van der Waals surface area contributed by atoms with Crippen LogP contribution in [0.25, 0.3) is 0 Å². The molecule has 19 heavy (non-hydrogen) atoms. The van der Waals surface area contributed by atoms with E-state index in [1.165, 1.54) is 6.20 Å². The largest absolute Gasteiger partial charge is 0.356 e. The number of aromatic nitrogens is 1. The van der Waals surface area contributed by atoms with Crippen molar-refractivity contribution in [1.82, 2.24) is 10.3 Å². The van der Waals surface area contributed by atoms with Crippen molar-refractivity contribution in [2.24, 2.45) is 0 Å². The number of hydrogen-bond donors (Lipinski definition) is 1. The van der Waals surface area contributed by atoms with Crippen molar-refractivity contribution in [1.29, 1.82) is 0 Å². The lowest BCUT2D eigenvalue weighted by atomic mass is 10.2. The molecule has 0 amide bonds. The van der Waals surface area contributed by atoms with Crippen molar-refractivity contribution in [2.45, 2.75) is 32.9 Å². The maximum Gasteiger partial charge on any atom is 0.141 e. The SMILES string of the molecule is CCCNCc1cc(F)cnc1N(C)C(C)CSC. The van der Waals surface area contributed by atoms with E-state index in [1.807, 2.05) is 7.05 Å². The molecule has 0 bridgehead atoms. The zero-order valence-corrected chi connectivity index (χ0v) is 13.1. The number of nitrogens with zero attached hydrogens (tertiary/aromatic N) is 2. The molecule has 1 unspecified atom stereocenters. The second kappa shape index (κ2) is 8.38. The number of halogens is 1. The molecule has 3 nitrogen and oxygen atoms in total. The van der Waals surface area contributed by atoms with Crippen LogP contribution in [0.5, 0.6) is 0 Å². The van der Waals surface area contributed by atoms with Crippen LogP contribution in [0.3, 0.4) is 0 Å². The highest BCUT2D eigenvalue weighted by molar-refractivity contribution is 7.98. The molecule has 1 heterocycles. The normalized spacial score (nSPS) is 12.5. The summed E-state index contributed by atoms with van der Waals surface area (Å²) in [5.41, 5.74) is 0.920. The van der Waals surface area contributed by atoms with Gasteiger partial charge in [-0.3, -0.25) is 0 Å². The molecule has 0 aromatic carbocycles. The standard InChI is InChI=1S/C14H24FN3S/c1-5-6-16-8-12-7-13(15)9-17-14(12)18(3)11(2)10-19-4/h7,9,11,16H,5-6,8,10H2,1-4H3. The predicted molar refractivity (Wildman–Crippen MR) is 82.4 cm³/mol. The quantitative estimate of drug-likeness (QED) is 0.743. The van der Waals surface area contributed by atoms with Crippen molar-refractivity contribution in [2.75, 3.05) is 30.5 Å². The first-order chi connectivity index (χ1) is 9.10. The van der Waals surface area contributed by atoms with Crippen LogP contribution in [-0.4, -0.2) is 36.6 Å². The Labute approximate surface area is 120 Å². The van der Waals surface area contributed by atoms with Gasteiger partial charge in [-0.05, 0) is 32.2 Å². The highest BCUT2D eigenvalue weighted by Crippen LogP contribution is 2.20. The first kappa shape index (κ1) is 16.2. The molecule has 1 atom stereocenters. The van der Waals surface area contributed by atoms with Crippen molar-refractivity contribution in [3.05, 3.63) is 23.6 Å². The van der Waals surface area contributed by atoms with E-state index >= 15 is 0 Å². The van der Waals surface area contributed by atoms with Gasteiger partial charge >= 0.3 is 0 Å². The molecule has 0 aliphatic carbocycles. The molecule has 0 saturated carbocycles. The summed E-state index contributed by atoms with van der Waals surface area (Å²) in [7, 11) is 2.02. The van der Waals surface area contributed by atoms with Gasteiger partial charge in [0, 0.05) is 31.0 Å². The van der Waals surface area contributed by atoms with E-state index in [0.29, 0.717) is 12.6 Å². The molecule has 0 radical (unpaired) electrons. The number of anilines is 1. The average molecular weight is 285 g/mol. The first-order valence-electron chi connectivity index (χ1n) is 6.67. The van der Waals surface area contributed by atoms with Gasteiger partial charge in [0.25, 0.3) is 0 Å². The number of pyridine rings is 1. The van der Waals surface area contributed by atoms with Gasteiger partial charge in [0.2, 0.25) is 0 Å². The van der Waals surface area contributed by atoms with Crippen molar-refractivity contribution >= 4 is 17.6 Å². The van der Waals surface area contributed by atoms with Crippen molar-refractivity contribution in [3.63, 3.8) is 0 Å². The number of hydrogen-bond acceptors (Lipinski definition) is 4. The maximum absolute atomic E-state index is 13.4. The van der Waals surface area contributed by atoms with Gasteiger partial charge in [-0.15, -0.1) is 0 Å². The smallest absolute Gasteiger partial charge is 0.141 e. The van der Waals surface area contributed by atoms with Gasteiger partial charge in [-0.25, -0.2) is 9.37 Å². The highest BCUT2D eigenvalue weighted by atomic mass is 32.2. The molecule has 0 aliphatic rings. The Morgan fingerprint density at radius 3 is 2.89 bits per heavy atom. The summed E-state index contributed by atoms with van der Waals surface area (Å²) < 4.78 is 13.4. The molecule has 0 aliphatic heterocycles. The second-order valence-corrected chi connectivity index (χ2v) is 5.64. The van der Waals surface area contributed by atoms with Gasteiger partial charge in [0.1, 0.15) is 11.6 Å². The number of rotatable bonds is 8. The molecule has 0 fully saturated rings.